The molecule has 1 aliphatic heterocycles. The second kappa shape index (κ2) is 4.45. The Bertz CT molecular complexity index is 454. The van der Waals surface area contributed by atoms with Gasteiger partial charge in [0.05, 0.1) is 19.9 Å². The van der Waals surface area contributed by atoms with Gasteiger partial charge in [-0.1, -0.05) is 0 Å². The van der Waals surface area contributed by atoms with Gasteiger partial charge < -0.3 is 9.47 Å². The fourth-order valence-electron chi connectivity index (χ4n) is 1.82. The van der Waals surface area contributed by atoms with Crippen LogP contribution in [0.25, 0.3) is 0 Å². The number of hydrogen-bond acceptors (Lipinski definition) is 4. The first-order chi connectivity index (χ1) is 8.17. The minimum atomic E-state index is -0.207. The molecule has 1 saturated heterocycles. The largest absolute Gasteiger partial charge is 0.497 e. The van der Waals surface area contributed by atoms with Crippen LogP contribution in [0.15, 0.2) is 18.2 Å². The molecule has 2 amide bonds. The van der Waals surface area contributed by atoms with E-state index in [1.807, 2.05) is 0 Å². The zero-order valence-electron chi connectivity index (χ0n) is 9.73. The molecule has 5 nitrogen and oxygen atoms in total. The van der Waals surface area contributed by atoms with E-state index in [1.54, 1.807) is 18.2 Å². The fraction of sp³-hybridized carbons (Fsp3) is 0.333. The van der Waals surface area contributed by atoms with Gasteiger partial charge in [-0.15, -0.1) is 0 Å². The van der Waals surface area contributed by atoms with Gasteiger partial charge in [-0.05, 0) is 12.1 Å². The molecule has 90 valence electrons. The van der Waals surface area contributed by atoms with Gasteiger partial charge in [0.1, 0.15) is 11.5 Å². The van der Waals surface area contributed by atoms with Gasteiger partial charge in [0.15, 0.2) is 0 Å². The number of anilines is 1. The second-order valence-electron chi connectivity index (χ2n) is 3.66. The van der Waals surface area contributed by atoms with Gasteiger partial charge >= 0.3 is 0 Å². The third-order valence-corrected chi connectivity index (χ3v) is 2.68. The SMILES string of the molecule is COc1ccc(OC)c(N2C(=O)CCC2=O)c1. The number of benzene rings is 1. The van der Waals surface area contributed by atoms with E-state index in [0.717, 1.165) is 4.90 Å². The Kier molecular flexibility index (Phi) is 2.99. The van der Waals surface area contributed by atoms with E-state index < -0.39 is 0 Å². The predicted octanol–water partition coefficient (Wildman–Crippen LogP) is 1.36. The van der Waals surface area contributed by atoms with Crippen molar-refractivity contribution in [2.45, 2.75) is 12.8 Å². The Balaban J connectivity index is 2.48. The van der Waals surface area contributed by atoms with Gasteiger partial charge in [0.25, 0.3) is 0 Å². The first-order valence-electron chi connectivity index (χ1n) is 5.25. The van der Waals surface area contributed by atoms with E-state index in [2.05, 4.69) is 0 Å². The number of carbonyl (C=O) groups is 2. The molecule has 0 bridgehead atoms. The molecule has 2 rings (SSSR count). The quantitative estimate of drug-likeness (QED) is 0.742. The summed E-state index contributed by atoms with van der Waals surface area (Å²) in [7, 11) is 3.02. The fourth-order valence-corrected chi connectivity index (χ4v) is 1.82. The van der Waals surface area contributed by atoms with Crippen LogP contribution in [0.2, 0.25) is 0 Å². The first kappa shape index (κ1) is 11.4. The Labute approximate surface area is 98.9 Å². The van der Waals surface area contributed by atoms with Crippen molar-refractivity contribution in [3.8, 4) is 11.5 Å². The van der Waals surface area contributed by atoms with Crippen LogP contribution < -0.4 is 14.4 Å². The van der Waals surface area contributed by atoms with Crippen LogP contribution in [0.5, 0.6) is 11.5 Å². The summed E-state index contributed by atoms with van der Waals surface area (Å²) in [6.07, 6.45) is 0.498. The van der Waals surface area contributed by atoms with Crippen molar-refractivity contribution >= 4 is 17.5 Å². The molecule has 0 aliphatic carbocycles. The molecule has 17 heavy (non-hydrogen) atoms. The molecular formula is C12H13NO4. The molecule has 1 fully saturated rings. The van der Waals surface area contributed by atoms with E-state index >= 15 is 0 Å². The molecule has 0 atom stereocenters. The molecular weight excluding hydrogens is 222 g/mol. The van der Waals surface area contributed by atoms with Gasteiger partial charge in [-0.25, -0.2) is 4.90 Å². The summed E-state index contributed by atoms with van der Waals surface area (Å²) >= 11 is 0. The molecule has 0 saturated carbocycles. The smallest absolute Gasteiger partial charge is 0.234 e. The standard InChI is InChI=1S/C12H13NO4/c1-16-8-3-4-10(17-2)9(7-8)13-11(14)5-6-12(13)15/h3-4,7H,5-6H2,1-2H3. The summed E-state index contributed by atoms with van der Waals surface area (Å²) in [5.74, 6) is 0.644. The summed E-state index contributed by atoms with van der Waals surface area (Å²) in [6, 6.07) is 5.01. The van der Waals surface area contributed by atoms with Crippen molar-refractivity contribution in [1.29, 1.82) is 0 Å². The lowest BCUT2D eigenvalue weighted by atomic mass is 10.2. The molecule has 0 radical (unpaired) electrons. The highest BCUT2D eigenvalue weighted by atomic mass is 16.5. The average molecular weight is 235 g/mol. The topological polar surface area (TPSA) is 55.8 Å². The van der Waals surface area contributed by atoms with Crippen LogP contribution in [-0.4, -0.2) is 26.0 Å². The molecule has 1 heterocycles. The molecule has 0 N–H and O–H groups in total. The van der Waals surface area contributed by atoms with Crippen LogP contribution in [0.4, 0.5) is 5.69 Å². The Morgan fingerprint density at radius 3 is 2.24 bits per heavy atom. The number of ether oxygens (including phenoxy) is 2. The zero-order valence-corrected chi connectivity index (χ0v) is 9.73. The minimum absolute atomic E-state index is 0.207. The summed E-state index contributed by atoms with van der Waals surface area (Å²) < 4.78 is 10.2. The highest BCUT2D eigenvalue weighted by Gasteiger charge is 2.32. The third kappa shape index (κ3) is 1.95. The van der Waals surface area contributed by atoms with Crippen molar-refractivity contribution in [3.05, 3.63) is 18.2 Å². The van der Waals surface area contributed by atoms with E-state index in [9.17, 15) is 9.59 Å². The first-order valence-corrected chi connectivity index (χ1v) is 5.25. The molecule has 0 spiro atoms. The van der Waals surface area contributed by atoms with Crippen molar-refractivity contribution in [2.75, 3.05) is 19.1 Å². The third-order valence-electron chi connectivity index (χ3n) is 2.68. The Morgan fingerprint density at radius 2 is 1.71 bits per heavy atom. The highest BCUT2D eigenvalue weighted by Crippen LogP contribution is 2.35. The summed E-state index contributed by atoms with van der Waals surface area (Å²) in [4.78, 5) is 24.5. The zero-order chi connectivity index (χ0) is 12.4. The van der Waals surface area contributed by atoms with Crippen molar-refractivity contribution in [3.63, 3.8) is 0 Å². The summed E-state index contributed by atoms with van der Waals surface area (Å²) in [5.41, 5.74) is 0.444. The maximum absolute atomic E-state index is 11.7. The number of nitrogens with zero attached hydrogens (tertiary/aromatic N) is 1. The lowest BCUT2D eigenvalue weighted by molar-refractivity contribution is -0.121. The maximum atomic E-state index is 11.7. The van der Waals surface area contributed by atoms with Crippen LogP contribution in [0.3, 0.4) is 0 Å². The van der Waals surface area contributed by atoms with E-state index in [0.29, 0.717) is 17.2 Å². The van der Waals surface area contributed by atoms with Crippen LogP contribution in [0.1, 0.15) is 12.8 Å². The molecule has 0 aromatic heterocycles. The van der Waals surface area contributed by atoms with E-state index in [-0.39, 0.29) is 24.7 Å². The highest BCUT2D eigenvalue weighted by molar-refractivity contribution is 6.20. The number of carbonyl (C=O) groups excluding carboxylic acids is 2. The number of methoxy groups -OCH3 is 2. The lowest BCUT2D eigenvalue weighted by Crippen LogP contribution is -2.28. The van der Waals surface area contributed by atoms with Crippen LogP contribution in [0, 0.1) is 0 Å². The van der Waals surface area contributed by atoms with Gasteiger partial charge in [0, 0.05) is 18.9 Å². The maximum Gasteiger partial charge on any atom is 0.234 e. The van der Waals surface area contributed by atoms with Crippen molar-refractivity contribution in [2.24, 2.45) is 0 Å². The van der Waals surface area contributed by atoms with E-state index in [1.165, 1.54) is 14.2 Å². The van der Waals surface area contributed by atoms with Crippen molar-refractivity contribution in [1.82, 2.24) is 0 Å². The normalized spacial score (nSPS) is 15.3. The Hall–Kier alpha value is -2.04. The molecule has 1 aromatic carbocycles. The van der Waals surface area contributed by atoms with E-state index in [4.69, 9.17) is 9.47 Å². The minimum Gasteiger partial charge on any atom is -0.497 e. The van der Waals surface area contributed by atoms with Crippen molar-refractivity contribution < 1.29 is 19.1 Å². The number of rotatable bonds is 3. The number of imide groups is 1. The Morgan fingerprint density at radius 1 is 1.06 bits per heavy atom. The molecule has 1 aliphatic rings. The number of hydrogen-bond donors (Lipinski definition) is 0. The van der Waals surface area contributed by atoms with Gasteiger partial charge in [-0.2, -0.15) is 0 Å². The monoisotopic (exact) mass is 235 g/mol. The second-order valence-corrected chi connectivity index (χ2v) is 3.66. The molecule has 5 heteroatoms. The van der Waals surface area contributed by atoms with Gasteiger partial charge in [0.2, 0.25) is 11.8 Å². The van der Waals surface area contributed by atoms with Crippen LogP contribution >= 0.6 is 0 Å². The van der Waals surface area contributed by atoms with Crippen LogP contribution in [-0.2, 0) is 9.59 Å². The lowest BCUT2D eigenvalue weighted by Gasteiger charge is -2.17. The molecule has 0 unspecified atom stereocenters. The predicted molar refractivity (Wildman–Crippen MR) is 61.3 cm³/mol. The summed E-state index contributed by atoms with van der Waals surface area (Å²) in [6.45, 7) is 0. The average Bonchev–Trinajstić information content (AvgIpc) is 2.68. The van der Waals surface area contributed by atoms with Gasteiger partial charge in [-0.3, -0.25) is 9.59 Å². The summed E-state index contributed by atoms with van der Waals surface area (Å²) in [5, 5.41) is 0. The number of amides is 2. The molecule has 1 aromatic rings.